The normalized spacial score (nSPS) is 12.0. The zero-order valence-electron chi connectivity index (χ0n) is 15.5. The van der Waals surface area contributed by atoms with E-state index >= 15 is 0 Å². The van der Waals surface area contributed by atoms with Gasteiger partial charge in [-0.15, -0.1) is 5.10 Å². The highest BCUT2D eigenvalue weighted by atomic mass is 35.5. The SMILES string of the molecule is CCOC(=O)c1cn(CC(OCc2ccc(Cl)cc2)c2ccc(Cl)cc2Cl)nn1. The Morgan fingerprint density at radius 3 is 2.52 bits per heavy atom. The molecule has 0 saturated carbocycles. The molecule has 3 rings (SSSR count). The first kappa shape index (κ1) is 21.6. The van der Waals surface area contributed by atoms with Gasteiger partial charge in [0.2, 0.25) is 0 Å². The summed E-state index contributed by atoms with van der Waals surface area (Å²) in [4.78, 5) is 11.8. The third kappa shape index (κ3) is 5.93. The Balaban J connectivity index is 1.80. The molecule has 0 aliphatic heterocycles. The molecule has 9 heteroatoms. The number of halogens is 3. The Morgan fingerprint density at radius 2 is 1.83 bits per heavy atom. The molecule has 0 aliphatic rings. The molecule has 0 amide bonds. The molecule has 1 unspecified atom stereocenters. The van der Waals surface area contributed by atoms with E-state index in [2.05, 4.69) is 10.3 Å². The van der Waals surface area contributed by atoms with Gasteiger partial charge in [-0.05, 0) is 36.8 Å². The van der Waals surface area contributed by atoms with Gasteiger partial charge in [0.15, 0.2) is 5.69 Å². The van der Waals surface area contributed by atoms with E-state index in [0.717, 1.165) is 11.1 Å². The molecule has 0 saturated heterocycles. The molecule has 29 heavy (non-hydrogen) atoms. The first-order valence-electron chi connectivity index (χ1n) is 8.84. The van der Waals surface area contributed by atoms with E-state index in [9.17, 15) is 4.79 Å². The maximum Gasteiger partial charge on any atom is 0.360 e. The first-order valence-corrected chi connectivity index (χ1v) is 9.98. The van der Waals surface area contributed by atoms with Crippen LogP contribution in [0.3, 0.4) is 0 Å². The van der Waals surface area contributed by atoms with E-state index in [-0.39, 0.29) is 12.3 Å². The van der Waals surface area contributed by atoms with Gasteiger partial charge in [-0.1, -0.05) is 58.2 Å². The van der Waals surface area contributed by atoms with E-state index in [1.54, 1.807) is 37.3 Å². The lowest BCUT2D eigenvalue weighted by atomic mass is 10.1. The van der Waals surface area contributed by atoms with Gasteiger partial charge in [0.1, 0.15) is 6.10 Å². The van der Waals surface area contributed by atoms with Crippen LogP contribution in [0.25, 0.3) is 0 Å². The first-order chi connectivity index (χ1) is 14.0. The summed E-state index contributed by atoms with van der Waals surface area (Å²) < 4.78 is 12.6. The predicted octanol–water partition coefficient (Wildman–Crippen LogP) is 5.37. The molecule has 0 fully saturated rings. The van der Waals surface area contributed by atoms with Crippen molar-refractivity contribution in [3.05, 3.63) is 80.6 Å². The number of carbonyl (C=O) groups excluding carboxylic acids is 1. The Labute approximate surface area is 183 Å². The number of rotatable bonds is 8. The van der Waals surface area contributed by atoms with Crippen LogP contribution in [0.5, 0.6) is 0 Å². The topological polar surface area (TPSA) is 66.2 Å². The molecule has 1 atom stereocenters. The molecule has 0 spiro atoms. The Kier molecular flexibility index (Phi) is 7.50. The van der Waals surface area contributed by atoms with Gasteiger partial charge in [0.05, 0.1) is 26.0 Å². The van der Waals surface area contributed by atoms with Gasteiger partial charge in [0.25, 0.3) is 0 Å². The predicted molar refractivity (Wildman–Crippen MR) is 111 cm³/mol. The zero-order valence-corrected chi connectivity index (χ0v) is 17.8. The molecule has 1 heterocycles. The second-order valence-corrected chi connectivity index (χ2v) is 7.42. The summed E-state index contributed by atoms with van der Waals surface area (Å²) in [6, 6.07) is 12.6. The van der Waals surface area contributed by atoms with Crippen LogP contribution in [-0.2, 0) is 22.6 Å². The molecular weight excluding hydrogens is 437 g/mol. The number of nitrogens with zero attached hydrogens (tertiary/aromatic N) is 3. The lowest BCUT2D eigenvalue weighted by Crippen LogP contribution is -2.14. The second kappa shape index (κ2) is 10.1. The maximum absolute atomic E-state index is 11.8. The fraction of sp³-hybridized carbons (Fsp3) is 0.250. The van der Waals surface area contributed by atoms with Gasteiger partial charge >= 0.3 is 5.97 Å². The van der Waals surface area contributed by atoms with Crippen LogP contribution >= 0.6 is 34.8 Å². The number of ether oxygens (including phenoxy) is 2. The second-order valence-electron chi connectivity index (χ2n) is 6.14. The van der Waals surface area contributed by atoms with Gasteiger partial charge in [0, 0.05) is 20.6 Å². The van der Waals surface area contributed by atoms with Crippen LogP contribution in [0.15, 0.2) is 48.7 Å². The Morgan fingerprint density at radius 1 is 1.10 bits per heavy atom. The van der Waals surface area contributed by atoms with Gasteiger partial charge in [-0.2, -0.15) is 0 Å². The largest absolute Gasteiger partial charge is 0.461 e. The number of carbonyl (C=O) groups is 1. The van der Waals surface area contributed by atoms with Crippen molar-refractivity contribution in [1.29, 1.82) is 0 Å². The number of benzene rings is 2. The van der Waals surface area contributed by atoms with Crippen molar-refractivity contribution in [2.75, 3.05) is 6.61 Å². The van der Waals surface area contributed by atoms with Gasteiger partial charge < -0.3 is 9.47 Å². The highest BCUT2D eigenvalue weighted by Crippen LogP contribution is 2.30. The van der Waals surface area contributed by atoms with Crippen molar-refractivity contribution in [1.82, 2.24) is 15.0 Å². The molecule has 0 N–H and O–H groups in total. The third-order valence-corrected chi connectivity index (χ3v) is 4.86. The van der Waals surface area contributed by atoms with Crippen LogP contribution in [0, 0.1) is 0 Å². The summed E-state index contributed by atoms with van der Waals surface area (Å²) in [5.41, 5.74) is 1.83. The van der Waals surface area contributed by atoms with E-state index in [1.807, 2.05) is 12.1 Å². The molecule has 1 aromatic heterocycles. The summed E-state index contributed by atoms with van der Waals surface area (Å²) in [6.07, 6.45) is 1.06. The summed E-state index contributed by atoms with van der Waals surface area (Å²) in [6.45, 7) is 2.62. The monoisotopic (exact) mass is 453 g/mol. The van der Waals surface area contributed by atoms with Crippen molar-refractivity contribution in [2.45, 2.75) is 26.2 Å². The molecule has 0 aliphatic carbocycles. The Bertz CT molecular complexity index is 977. The van der Waals surface area contributed by atoms with Gasteiger partial charge in [-0.25, -0.2) is 9.48 Å². The van der Waals surface area contributed by atoms with Crippen LogP contribution in [-0.4, -0.2) is 27.6 Å². The standard InChI is InChI=1S/C20H18Cl3N3O3/c1-2-28-20(27)18-10-26(25-24-18)11-19(16-8-7-15(22)9-17(16)23)29-12-13-3-5-14(21)6-4-13/h3-10,19H,2,11-12H2,1H3. The number of hydrogen-bond acceptors (Lipinski definition) is 5. The molecule has 152 valence electrons. The van der Waals surface area contributed by atoms with Crippen molar-refractivity contribution in [2.24, 2.45) is 0 Å². The lowest BCUT2D eigenvalue weighted by Gasteiger charge is -2.20. The molecule has 3 aromatic rings. The summed E-state index contributed by atoms with van der Waals surface area (Å²) in [7, 11) is 0. The Hall–Kier alpha value is -2.12. The van der Waals surface area contributed by atoms with Crippen LogP contribution in [0.2, 0.25) is 15.1 Å². The average molecular weight is 455 g/mol. The van der Waals surface area contributed by atoms with Crippen LogP contribution in [0.4, 0.5) is 0 Å². The van der Waals surface area contributed by atoms with Crippen molar-refractivity contribution in [3.63, 3.8) is 0 Å². The molecule has 6 nitrogen and oxygen atoms in total. The van der Waals surface area contributed by atoms with E-state index in [0.29, 0.717) is 28.2 Å². The summed E-state index contributed by atoms with van der Waals surface area (Å²) >= 11 is 18.3. The molecule has 0 bridgehead atoms. The van der Waals surface area contributed by atoms with E-state index < -0.39 is 12.1 Å². The minimum absolute atomic E-state index is 0.130. The van der Waals surface area contributed by atoms with E-state index in [1.165, 1.54) is 10.9 Å². The van der Waals surface area contributed by atoms with Crippen LogP contribution < -0.4 is 0 Å². The third-order valence-electron chi connectivity index (χ3n) is 4.05. The van der Waals surface area contributed by atoms with Crippen molar-refractivity contribution < 1.29 is 14.3 Å². The maximum atomic E-state index is 11.8. The van der Waals surface area contributed by atoms with Crippen LogP contribution in [0.1, 0.15) is 34.6 Å². The zero-order chi connectivity index (χ0) is 20.8. The smallest absolute Gasteiger partial charge is 0.360 e. The fourth-order valence-corrected chi connectivity index (χ4v) is 3.29. The summed E-state index contributed by atoms with van der Waals surface area (Å²) in [5, 5.41) is 9.52. The quantitative estimate of drug-likeness (QED) is 0.428. The minimum atomic E-state index is -0.526. The number of aromatic nitrogens is 3. The lowest BCUT2D eigenvalue weighted by molar-refractivity contribution is 0.0254. The highest BCUT2D eigenvalue weighted by Gasteiger charge is 2.19. The molecular formula is C20H18Cl3N3O3. The van der Waals surface area contributed by atoms with Crippen molar-refractivity contribution in [3.8, 4) is 0 Å². The van der Waals surface area contributed by atoms with Gasteiger partial charge in [-0.3, -0.25) is 0 Å². The van der Waals surface area contributed by atoms with Crippen molar-refractivity contribution >= 4 is 40.8 Å². The number of hydrogen-bond donors (Lipinski definition) is 0. The average Bonchev–Trinajstić information content (AvgIpc) is 3.16. The fourth-order valence-electron chi connectivity index (χ4n) is 2.64. The number of esters is 1. The molecule has 0 radical (unpaired) electrons. The minimum Gasteiger partial charge on any atom is -0.461 e. The highest BCUT2D eigenvalue weighted by molar-refractivity contribution is 6.35. The molecule has 2 aromatic carbocycles. The van der Waals surface area contributed by atoms with E-state index in [4.69, 9.17) is 44.3 Å². The summed E-state index contributed by atoms with van der Waals surface area (Å²) in [5.74, 6) is -0.526.